The third-order valence-corrected chi connectivity index (χ3v) is 4.61. The van der Waals surface area contributed by atoms with Crippen molar-refractivity contribution >= 4 is 5.91 Å². The van der Waals surface area contributed by atoms with Crippen LogP contribution in [0.2, 0.25) is 0 Å². The number of aromatic nitrogens is 2. The van der Waals surface area contributed by atoms with E-state index >= 15 is 0 Å². The standard InChI is InChI=1S/C19H26N4O2/c1-13(2)22-19(24)10-14-6-8-20-12-15(14)9-16-11-18(25-23-16)17-5-3-4-7-21-17/h3-5,7,11,13-15,20H,6,8-10,12H2,1-2H3,(H,22,24). The molecule has 1 saturated heterocycles. The van der Waals surface area contributed by atoms with Gasteiger partial charge in [-0.1, -0.05) is 11.2 Å². The highest BCUT2D eigenvalue weighted by molar-refractivity contribution is 5.76. The first-order chi connectivity index (χ1) is 12.1. The minimum atomic E-state index is 0.140. The number of piperidine rings is 1. The second kappa shape index (κ2) is 8.25. The van der Waals surface area contributed by atoms with Gasteiger partial charge in [0.15, 0.2) is 5.76 Å². The van der Waals surface area contributed by atoms with Gasteiger partial charge in [0.1, 0.15) is 5.69 Å². The van der Waals surface area contributed by atoms with Crippen molar-refractivity contribution in [3.05, 3.63) is 36.2 Å². The number of nitrogens with one attached hydrogen (secondary N) is 2. The molecular weight excluding hydrogens is 316 g/mol. The summed E-state index contributed by atoms with van der Waals surface area (Å²) < 4.78 is 5.45. The summed E-state index contributed by atoms with van der Waals surface area (Å²) in [6.45, 7) is 5.86. The number of rotatable bonds is 6. The summed E-state index contributed by atoms with van der Waals surface area (Å²) in [5.74, 6) is 1.58. The number of pyridine rings is 1. The summed E-state index contributed by atoms with van der Waals surface area (Å²) in [6.07, 6.45) is 4.14. The van der Waals surface area contributed by atoms with E-state index in [4.69, 9.17) is 4.52 Å². The van der Waals surface area contributed by atoms with Gasteiger partial charge in [-0.25, -0.2) is 0 Å². The van der Waals surface area contributed by atoms with Crippen molar-refractivity contribution in [2.75, 3.05) is 13.1 Å². The molecule has 1 aliphatic heterocycles. The first kappa shape index (κ1) is 17.6. The molecule has 1 amide bonds. The van der Waals surface area contributed by atoms with Gasteiger partial charge >= 0.3 is 0 Å². The lowest BCUT2D eigenvalue weighted by Crippen LogP contribution is -2.41. The van der Waals surface area contributed by atoms with Crippen molar-refractivity contribution in [1.29, 1.82) is 0 Å². The average Bonchev–Trinajstić information content (AvgIpc) is 3.05. The molecule has 0 aromatic carbocycles. The fourth-order valence-electron chi connectivity index (χ4n) is 3.41. The molecule has 2 aromatic heterocycles. The molecule has 1 aliphatic rings. The second-order valence-electron chi connectivity index (χ2n) is 7.04. The molecule has 25 heavy (non-hydrogen) atoms. The van der Waals surface area contributed by atoms with Gasteiger partial charge in [-0.3, -0.25) is 9.78 Å². The van der Waals surface area contributed by atoms with Crippen molar-refractivity contribution in [1.82, 2.24) is 20.8 Å². The summed E-state index contributed by atoms with van der Waals surface area (Å²) in [5.41, 5.74) is 1.71. The van der Waals surface area contributed by atoms with Gasteiger partial charge in [0.25, 0.3) is 0 Å². The first-order valence-corrected chi connectivity index (χ1v) is 8.99. The van der Waals surface area contributed by atoms with Crippen LogP contribution in [0.25, 0.3) is 11.5 Å². The topological polar surface area (TPSA) is 80.0 Å². The van der Waals surface area contributed by atoms with Crippen molar-refractivity contribution in [2.24, 2.45) is 11.8 Å². The van der Waals surface area contributed by atoms with Crippen LogP contribution < -0.4 is 10.6 Å². The van der Waals surface area contributed by atoms with Gasteiger partial charge in [0.05, 0.1) is 5.69 Å². The molecule has 3 heterocycles. The zero-order chi connectivity index (χ0) is 17.6. The number of hydrogen-bond acceptors (Lipinski definition) is 5. The summed E-state index contributed by atoms with van der Waals surface area (Å²) in [7, 11) is 0. The molecule has 6 heteroatoms. The van der Waals surface area contributed by atoms with Gasteiger partial charge in [-0.2, -0.15) is 0 Å². The summed E-state index contributed by atoms with van der Waals surface area (Å²) in [4.78, 5) is 16.4. The molecule has 2 unspecified atom stereocenters. The monoisotopic (exact) mass is 342 g/mol. The minimum Gasteiger partial charge on any atom is -0.354 e. The highest BCUT2D eigenvalue weighted by Gasteiger charge is 2.28. The van der Waals surface area contributed by atoms with E-state index in [0.717, 1.165) is 37.3 Å². The smallest absolute Gasteiger partial charge is 0.220 e. The maximum atomic E-state index is 12.1. The highest BCUT2D eigenvalue weighted by atomic mass is 16.5. The Morgan fingerprint density at radius 2 is 2.28 bits per heavy atom. The summed E-state index contributed by atoms with van der Waals surface area (Å²) >= 11 is 0. The predicted octanol–water partition coefficient (Wildman–Crippen LogP) is 2.42. The maximum Gasteiger partial charge on any atom is 0.220 e. The van der Waals surface area contributed by atoms with E-state index in [0.29, 0.717) is 24.0 Å². The Bertz CT molecular complexity index is 684. The molecular formula is C19H26N4O2. The van der Waals surface area contributed by atoms with Gasteiger partial charge in [-0.05, 0) is 63.7 Å². The maximum absolute atomic E-state index is 12.1. The van der Waals surface area contributed by atoms with Gasteiger partial charge in [0.2, 0.25) is 5.91 Å². The van der Waals surface area contributed by atoms with Crippen LogP contribution in [0.4, 0.5) is 0 Å². The van der Waals surface area contributed by atoms with Crippen molar-refractivity contribution in [3.63, 3.8) is 0 Å². The molecule has 2 atom stereocenters. The zero-order valence-corrected chi connectivity index (χ0v) is 14.9. The quantitative estimate of drug-likeness (QED) is 0.843. The van der Waals surface area contributed by atoms with Gasteiger partial charge in [0, 0.05) is 24.7 Å². The van der Waals surface area contributed by atoms with E-state index in [9.17, 15) is 4.79 Å². The largest absolute Gasteiger partial charge is 0.354 e. The number of hydrogen-bond donors (Lipinski definition) is 2. The Morgan fingerprint density at radius 3 is 3.04 bits per heavy atom. The Hall–Kier alpha value is -2.21. The van der Waals surface area contributed by atoms with Crippen LogP contribution in [0, 0.1) is 11.8 Å². The van der Waals surface area contributed by atoms with Crippen molar-refractivity contribution in [3.8, 4) is 11.5 Å². The van der Waals surface area contributed by atoms with Crippen LogP contribution in [0.15, 0.2) is 35.0 Å². The molecule has 0 aliphatic carbocycles. The van der Waals surface area contributed by atoms with E-state index in [1.165, 1.54) is 0 Å². The lowest BCUT2D eigenvalue weighted by molar-refractivity contribution is -0.123. The Morgan fingerprint density at radius 1 is 1.40 bits per heavy atom. The normalized spacial score (nSPS) is 20.6. The van der Waals surface area contributed by atoms with Gasteiger partial charge < -0.3 is 15.2 Å². The van der Waals surface area contributed by atoms with Crippen LogP contribution in [-0.2, 0) is 11.2 Å². The van der Waals surface area contributed by atoms with E-state index in [1.807, 2.05) is 38.1 Å². The first-order valence-electron chi connectivity index (χ1n) is 8.99. The molecule has 0 radical (unpaired) electrons. The van der Waals surface area contributed by atoms with E-state index in [1.54, 1.807) is 6.20 Å². The van der Waals surface area contributed by atoms with E-state index < -0.39 is 0 Å². The molecule has 6 nitrogen and oxygen atoms in total. The third-order valence-electron chi connectivity index (χ3n) is 4.61. The fourth-order valence-corrected chi connectivity index (χ4v) is 3.41. The number of carbonyl (C=O) groups excluding carboxylic acids is 1. The number of nitrogens with zero attached hydrogens (tertiary/aromatic N) is 2. The molecule has 2 N–H and O–H groups in total. The zero-order valence-electron chi connectivity index (χ0n) is 14.9. The van der Waals surface area contributed by atoms with Crippen molar-refractivity contribution in [2.45, 2.75) is 39.2 Å². The van der Waals surface area contributed by atoms with Crippen LogP contribution in [-0.4, -0.2) is 35.2 Å². The lowest BCUT2D eigenvalue weighted by Gasteiger charge is -2.31. The summed E-state index contributed by atoms with van der Waals surface area (Å²) in [6, 6.07) is 7.86. The lowest BCUT2D eigenvalue weighted by atomic mass is 9.81. The molecule has 0 saturated carbocycles. The van der Waals surface area contributed by atoms with Crippen LogP contribution >= 0.6 is 0 Å². The Labute approximate surface area is 148 Å². The molecule has 0 spiro atoms. The van der Waals surface area contributed by atoms with E-state index in [2.05, 4.69) is 20.8 Å². The Balaban J connectivity index is 1.64. The Kier molecular flexibility index (Phi) is 5.81. The van der Waals surface area contributed by atoms with Gasteiger partial charge in [-0.15, -0.1) is 0 Å². The average molecular weight is 342 g/mol. The summed E-state index contributed by atoms with van der Waals surface area (Å²) in [5, 5.41) is 10.6. The molecule has 0 bridgehead atoms. The number of carbonyl (C=O) groups is 1. The highest BCUT2D eigenvalue weighted by Crippen LogP contribution is 2.27. The van der Waals surface area contributed by atoms with Crippen LogP contribution in [0.5, 0.6) is 0 Å². The molecule has 3 rings (SSSR count). The molecule has 1 fully saturated rings. The minimum absolute atomic E-state index is 0.140. The van der Waals surface area contributed by atoms with Crippen molar-refractivity contribution < 1.29 is 9.32 Å². The van der Waals surface area contributed by atoms with Crippen LogP contribution in [0.3, 0.4) is 0 Å². The fraction of sp³-hybridized carbons (Fsp3) is 0.526. The third kappa shape index (κ3) is 4.89. The second-order valence-corrected chi connectivity index (χ2v) is 7.04. The van der Waals surface area contributed by atoms with Crippen LogP contribution in [0.1, 0.15) is 32.4 Å². The van der Waals surface area contributed by atoms with E-state index in [-0.39, 0.29) is 11.9 Å². The number of amides is 1. The SMILES string of the molecule is CC(C)NC(=O)CC1CCNCC1Cc1cc(-c2ccccn2)on1. The molecule has 2 aromatic rings. The molecule has 134 valence electrons. The predicted molar refractivity (Wildman–Crippen MR) is 95.8 cm³/mol.